The van der Waals surface area contributed by atoms with Crippen molar-refractivity contribution < 1.29 is 8.42 Å². The molecule has 4 N–H and O–H groups in total. The lowest BCUT2D eigenvalue weighted by Gasteiger charge is -2.15. The van der Waals surface area contributed by atoms with E-state index in [-0.39, 0.29) is 16.8 Å². The van der Waals surface area contributed by atoms with Crippen molar-refractivity contribution in [1.29, 1.82) is 0 Å². The molecule has 0 bridgehead atoms. The Balaban J connectivity index is 2.83. The van der Waals surface area contributed by atoms with E-state index >= 15 is 0 Å². The quantitative estimate of drug-likeness (QED) is 0.692. The molecule has 0 fully saturated rings. The number of nitrogen functional groups attached to an aromatic ring is 1. The minimum Gasteiger partial charge on any atom is -0.383 e. The second kappa shape index (κ2) is 5.31. The van der Waals surface area contributed by atoms with Gasteiger partial charge >= 0.3 is 0 Å². The second-order valence-electron chi connectivity index (χ2n) is 3.66. The van der Waals surface area contributed by atoms with Crippen molar-refractivity contribution in [3.63, 3.8) is 0 Å². The molecule has 0 spiro atoms. The Labute approximate surface area is 95.7 Å². The summed E-state index contributed by atoms with van der Waals surface area (Å²) in [4.78, 5) is 0.0158. The van der Waals surface area contributed by atoms with Crippen LogP contribution in [0.4, 0.5) is 5.82 Å². The fourth-order valence-electron chi connectivity index (χ4n) is 1.48. The van der Waals surface area contributed by atoms with Gasteiger partial charge in [-0.05, 0) is 12.8 Å². The highest BCUT2D eigenvalue weighted by Gasteiger charge is 2.22. The summed E-state index contributed by atoms with van der Waals surface area (Å²) in [6, 6.07) is -0.0516. The van der Waals surface area contributed by atoms with Crippen LogP contribution in [0.1, 0.15) is 33.1 Å². The molecule has 1 rings (SSSR count). The zero-order valence-electron chi connectivity index (χ0n) is 9.53. The van der Waals surface area contributed by atoms with Gasteiger partial charge < -0.3 is 5.73 Å². The summed E-state index contributed by atoms with van der Waals surface area (Å²) >= 11 is 0. The summed E-state index contributed by atoms with van der Waals surface area (Å²) in [5.74, 6) is 0.0684. The average molecular weight is 246 g/mol. The first kappa shape index (κ1) is 13.0. The molecule has 0 aromatic carbocycles. The van der Waals surface area contributed by atoms with E-state index in [4.69, 9.17) is 5.73 Å². The molecule has 1 atom stereocenters. The van der Waals surface area contributed by atoms with E-state index in [1.807, 2.05) is 13.8 Å². The number of sulfonamides is 1. The smallest absolute Gasteiger partial charge is 0.246 e. The average Bonchev–Trinajstić information content (AvgIpc) is 2.64. The van der Waals surface area contributed by atoms with Gasteiger partial charge in [0.15, 0.2) is 0 Å². The summed E-state index contributed by atoms with van der Waals surface area (Å²) < 4.78 is 26.4. The van der Waals surface area contributed by atoms with E-state index in [0.717, 1.165) is 19.3 Å². The topological polar surface area (TPSA) is 101 Å². The maximum Gasteiger partial charge on any atom is 0.246 e. The third-order valence-electron chi connectivity index (χ3n) is 2.37. The number of nitrogens with two attached hydrogens (primary N) is 1. The number of anilines is 1. The van der Waals surface area contributed by atoms with Crippen molar-refractivity contribution in [3.8, 4) is 0 Å². The number of rotatable bonds is 6. The zero-order valence-corrected chi connectivity index (χ0v) is 10.3. The summed E-state index contributed by atoms with van der Waals surface area (Å²) in [5, 5.41) is 6.00. The van der Waals surface area contributed by atoms with Gasteiger partial charge in [0.05, 0.1) is 6.20 Å². The van der Waals surface area contributed by atoms with Gasteiger partial charge in [-0.15, -0.1) is 0 Å². The van der Waals surface area contributed by atoms with Crippen molar-refractivity contribution in [2.75, 3.05) is 5.73 Å². The molecule has 0 aliphatic carbocycles. The van der Waals surface area contributed by atoms with Crippen molar-refractivity contribution >= 4 is 15.8 Å². The Kier molecular flexibility index (Phi) is 4.31. The van der Waals surface area contributed by atoms with Crippen LogP contribution in [0.2, 0.25) is 0 Å². The summed E-state index contributed by atoms with van der Waals surface area (Å²) in [5.41, 5.74) is 5.48. The van der Waals surface area contributed by atoms with Crippen molar-refractivity contribution in [3.05, 3.63) is 6.20 Å². The Morgan fingerprint density at radius 2 is 2.25 bits per heavy atom. The molecule has 1 aromatic rings. The Morgan fingerprint density at radius 3 is 2.69 bits per heavy atom. The molecule has 1 heterocycles. The van der Waals surface area contributed by atoms with Gasteiger partial charge in [-0.1, -0.05) is 20.3 Å². The summed E-state index contributed by atoms with van der Waals surface area (Å²) in [6.45, 7) is 3.96. The number of aromatic nitrogens is 2. The lowest BCUT2D eigenvalue weighted by molar-refractivity contribution is 0.513. The van der Waals surface area contributed by atoms with Gasteiger partial charge in [-0.2, -0.15) is 5.10 Å². The molecule has 1 unspecified atom stereocenters. The van der Waals surface area contributed by atoms with Crippen LogP contribution < -0.4 is 10.5 Å². The van der Waals surface area contributed by atoms with E-state index in [1.165, 1.54) is 6.20 Å². The van der Waals surface area contributed by atoms with E-state index in [1.54, 1.807) is 0 Å². The van der Waals surface area contributed by atoms with Crippen LogP contribution in [0, 0.1) is 0 Å². The van der Waals surface area contributed by atoms with Crippen LogP contribution in [0.3, 0.4) is 0 Å². The highest BCUT2D eigenvalue weighted by molar-refractivity contribution is 7.89. The molecule has 0 radical (unpaired) electrons. The van der Waals surface area contributed by atoms with Gasteiger partial charge in [0.25, 0.3) is 0 Å². The maximum atomic E-state index is 11.9. The minimum atomic E-state index is -3.55. The molecule has 1 aromatic heterocycles. The standard InChI is InChI=1S/C9H18N4O2S/c1-3-5-7(4-2)13-16(14,15)8-6-11-12-9(8)10/h6-7,13H,3-5H2,1-2H3,(H3,10,11,12). The molecule has 0 amide bonds. The van der Waals surface area contributed by atoms with E-state index in [0.29, 0.717) is 0 Å². The number of aromatic amines is 1. The van der Waals surface area contributed by atoms with Crippen LogP contribution in [0.5, 0.6) is 0 Å². The second-order valence-corrected chi connectivity index (χ2v) is 5.35. The van der Waals surface area contributed by atoms with Crippen LogP contribution >= 0.6 is 0 Å². The zero-order chi connectivity index (χ0) is 12.2. The predicted molar refractivity (Wildman–Crippen MR) is 62.3 cm³/mol. The van der Waals surface area contributed by atoms with Gasteiger partial charge in [0, 0.05) is 6.04 Å². The fraction of sp³-hybridized carbons (Fsp3) is 0.667. The molecule has 0 saturated heterocycles. The molecule has 7 heteroatoms. The molecule has 0 aliphatic rings. The number of hydrogen-bond donors (Lipinski definition) is 3. The molecular weight excluding hydrogens is 228 g/mol. The predicted octanol–water partition coefficient (Wildman–Crippen LogP) is 0.849. The van der Waals surface area contributed by atoms with Gasteiger partial charge in [0.1, 0.15) is 10.7 Å². The molecule has 16 heavy (non-hydrogen) atoms. The first-order valence-electron chi connectivity index (χ1n) is 5.32. The Hall–Kier alpha value is -1.08. The lowest BCUT2D eigenvalue weighted by Crippen LogP contribution is -2.34. The first-order chi connectivity index (χ1) is 7.51. The number of hydrogen-bond acceptors (Lipinski definition) is 4. The normalized spacial score (nSPS) is 13.9. The van der Waals surface area contributed by atoms with E-state index in [9.17, 15) is 8.42 Å². The molecule has 92 valence electrons. The third kappa shape index (κ3) is 2.96. The van der Waals surface area contributed by atoms with Gasteiger partial charge in [-0.3, -0.25) is 5.10 Å². The van der Waals surface area contributed by atoms with Crippen molar-refractivity contribution in [2.24, 2.45) is 0 Å². The first-order valence-corrected chi connectivity index (χ1v) is 6.80. The number of nitrogens with one attached hydrogen (secondary N) is 2. The fourth-order valence-corrected chi connectivity index (χ4v) is 2.85. The number of H-pyrrole nitrogens is 1. The molecule has 0 saturated carbocycles. The highest BCUT2D eigenvalue weighted by atomic mass is 32.2. The van der Waals surface area contributed by atoms with Crippen LogP contribution in [0.25, 0.3) is 0 Å². The largest absolute Gasteiger partial charge is 0.383 e. The van der Waals surface area contributed by atoms with Gasteiger partial charge in [-0.25, -0.2) is 13.1 Å². The monoisotopic (exact) mass is 246 g/mol. The molecule has 6 nitrogen and oxygen atoms in total. The lowest BCUT2D eigenvalue weighted by atomic mass is 10.1. The molecule has 0 aliphatic heterocycles. The van der Waals surface area contributed by atoms with E-state index < -0.39 is 10.0 Å². The number of nitrogens with zero attached hydrogens (tertiary/aromatic N) is 1. The van der Waals surface area contributed by atoms with Crippen LogP contribution in [-0.2, 0) is 10.0 Å². The van der Waals surface area contributed by atoms with Crippen molar-refractivity contribution in [2.45, 2.75) is 44.0 Å². The van der Waals surface area contributed by atoms with E-state index in [2.05, 4.69) is 14.9 Å². The maximum absolute atomic E-state index is 11.9. The SMILES string of the molecule is CCCC(CC)NS(=O)(=O)c1cn[nH]c1N. The Morgan fingerprint density at radius 1 is 1.56 bits per heavy atom. The van der Waals surface area contributed by atoms with Gasteiger partial charge in [0.2, 0.25) is 10.0 Å². The summed E-state index contributed by atoms with van der Waals surface area (Å²) in [7, 11) is -3.55. The Bertz CT molecular complexity index is 426. The molecular formula is C9H18N4O2S. The van der Waals surface area contributed by atoms with Crippen molar-refractivity contribution in [1.82, 2.24) is 14.9 Å². The van der Waals surface area contributed by atoms with Crippen LogP contribution in [-0.4, -0.2) is 24.7 Å². The van der Waals surface area contributed by atoms with Crippen LogP contribution in [0.15, 0.2) is 11.1 Å². The summed E-state index contributed by atoms with van der Waals surface area (Å²) in [6.07, 6.45) is 3.72. The minimum absolute atomic E-state index is 0.0158. The highest BCUT2D eigenvalue weighted by Crippen LogP contribution is 2.15. The third-order valence-corrected chi connectivity index (χ3v) is 3.92.